The minimum absolute atomic E-state index is 0.468. The fraction of sp³-hybridized carbons (Fsp3) is 0.429. The van der Waals surface area contributed by atoms with Crippen molar-refractivity contribution in [3.63, 3.8) is 0 Å². The Morgan fingerprint density at radius 3 is 2.67 bits per heavy atom. The van der Waals surface area contributed by atoms with Crippen LogP contribution in [-0.2, 0) is 6.54 Å². The van der Waals surface area contributed by atoms with Gasteiger partial charge in [-0.15, -0.1) is 0 Å². The Morgan fingerprint density at radius 2 is 2.11 bits per heavy atom. The molecule has 0 spiro atoms. The molecule has 0 amide bonds. The van der Waals surface area contributed by atoms with E-state index in [1.54, 1.807) is 19.1 Å². The van der Waals surface area contributed by atoms with Gasteiger partial charge in [0, 0.05) is 6.54 Å². The molecule has 2 aromatic rings. The molecule has 1 aromatic heterocycles. The van der Waals surface area contributed by atoms with Gasteiger partial charge < -0.3 is 9.67 Å². The molecule has 4 nitrogen and oxygen atoms in total. The maximum Gasteiger partial charge on any atom is 0.138 e. The third kappa shape index (κ3) is 2.22. The quantitative estimate of drug-likeness (QED) is 0.901. The molecular weight excluding hydrogens is 226 g/mol. The van der Waals surface area contributed by atoms with Gasteiger partial charge in [-0.1, -0.05) is 13.8 Å². The van der Waals surface area contributed by atoms with Gasteiger partial charge in [-0.2, -0.15) is 5.26 Å². The van der Waals surface area contributed by atoms with Crippen LogP contribution in [-0.4, -0.2) is 14.7 Å². The minimum Gasteiger partial charge on any atom is -0.385 e. The third-order valence-electron chi connectivity index (χ3n) is 2.83. The first kappa shape index (κ1) is 12.6. The summed E-state index contributed by atoms with van der Waals surface area (Å²) in [6, 6.07) is 7.55. The summed E-state index contributed by atoms with van der Waals surface area (Å²) in [7, 11) is 0. The van der Waals surface area contributed by atoms with Crippen molar-refractivity contribution in [1.82, 2.24) is 9.55 Å². The molecule has 0 bridgehead atoms. The van der Waals surface area contributed by atoms with E-state index in [0.717, 1.165) is 17.6 Å². The predicted octanol–water partition coefficient (Wildman–Crippen LogP) is 2.62. The van der Waals surface area contributed by atoms with Gasteiger partial charge in [-0.25, -0.2) is 4.98 Å². The monoisotopic (exact) mass is 243 g/mol. The number of imidazole rings is 1. The highest BCUT2D eigenvalue weighted by Crippen LogP contribution is 2.23. The number of aromatic nitrogens is 2. The Morgan fingerprint density at radius 1 is 1.39 bits per heavy atom. The summed E-state index contributed by atoms with van der Waals surface area (Å²) in [5.41, 5.74) is 2.33. The molecule has 94 valence electrons. The topological polar surface area (TPSA) is 61.8 Å². The molecule has 1 aromatic carbocycles. The second kappa shape index (κ2) is 4.79. The van der Waals surface area contributed by atoms with Crippen molar-refractivity contribution >= 4 is 11.0 Å². The van der Waals surface area contributed by atoms with Crippen molar-refractivity contribution < 1.29 is 5.11 Å². The Kier molecular flexibility index (Phi) is 3.35. The van der Waals surface area contributed by atoms with Crippen LogP contribution in [0.4, 0.5) is 0 Å². The number of hydrogen-bond acceptors (Lipinski definition) is 3. The van der Waals surface area contributed by atoms with Crippen molar-refractivity contribution in [2.75, 3.05) is 0 Å². The molecule has 0 radical (unpaired) electrons. The third-order valence-corrected chi connectivity index (χ3v) is 2.83. The van der Waals surface area contributed by atoms with Gasteiger partial charge in [0.2, 0.25) is 0 Å². The first-order chi connectivity index (χ1) is 8.52. The van der Waals surface area contributed by atoms with Gasteiger partial charge in [0.15, 0.2) is 0 Å². The number of nitrogens with zero attached hydrogens (tertiary/aromatic N) is 3. The number of fused-ring (bicyclic) bond motifs is 1. The second-order valence-corrected chi connectivity index (χ2v) is 4.97. The van der Waals surface area contributed by atoms with Gasteiger partial charge in [0.05, 0.1) is 22.7 Å². The lowest BCUT2D eigenvalue weighted by atomic mass is 10.2. The largest absolute Gasteiger partial charge is 0.385 e. The molecule has 0 aliphatic carbocycles. The van der Waals surface area contributed by atoms with E-state index >= 15 is 0 Å². The van der Waals surface area contributed by atoms with Crippen LogP contribution in [0.2, 0.25) is 0 Å². The lowest BCUT2D eigenvalue weighted by molar-refractivity contribution is 0.183. The Balaban J connectivity index is 2.64. The van der Waals surface area contributed by atoms with Crippen molar-refractivity contribution in [3.8, 4) is 6.07 Å². The number of benzene rings is 1. The zero-order valence-electron chi connectivity index (χ0n) is 10.9. The second-order valence-electron chi connectivity index (χ2n) is 4.97. The lowest BCUT2D eigenvalue weighted by Crippen LogP contribution is -2.10. The first-order valence-corrected chi connectivity index (χ1v) is 6.11. The van der Waals surface area contributed by atoms with E-state index in [0.29, 0.717) is 17.3 Å². The molecule has 4 heteroatoms. The molecule has 0 aliphatic heterocycles. The van der Waals surface area contributed by atoms with E-state index in [9.17, 15) is 5.11 Å². The first-order valence-electron chi connectivity index (χ1n) is 6.11. The zero-order valence-corrected chi connectivity index (χ0v) is 10.9. The zero-order chi connectivity index (χ0) is 13.3. The molecule has 0 saturated heterocycles. The van der Waals surface area contributed by atoms with Crippen molar-refractivity contribution in [3.05, 3.63) is 29.6 Å². The van der Waals surface area contributed by atoms with Crippen LogP contribution in [0.5, 0.6) is 0 Å². The van der Waals surface area contributed by atoms with E-state index in [2.05, 4.69) is 24.9 Å². The summed E-state index contributed by atoms with van der Waals surface area (Å²) in [6.45, 7) is 6.77. The van der Waals surface area contributed by atoms with Crippen LogP contribution in [0.1, 0.15) is 38.3 Å². The Bertz CT molecular complexity index is 605. The molecule has 1 atom stereocenters. The maximum absolute atomic E-state index is 9.80. The van der Waals surface area contributed by atoms with Gasteiger partial charge in [0.25, 0.3) is 0 Å². The van der Waals surface area contributed by atoms with E-state index in [4.69, 9.17) is 5.26 Å². The van der Waals surface area contributed by atoms with Gasteiger partial charge >= 0.3 is 0 Å². The number of hydrogen-bond donors (Lipinski definition) is 1. The van der Waals surface area contributed by atoms with Crippen molar-refractivity contribution in [2.24, 2.45) is 5.92 Å². The van der Waals surface area contributed by atoms with E-state index in [1.807, 2.05) is 10.6 Å². The number of aliphatic hydroxyl groups is 1. The summed E-state index contributed by atoms with van der Waals surface area (Å²) in [5.74, 6) is 1.13. The summed E-state index contributed by atoms with van der Waals surface area (Å²) in [6.07, 6.45) is -0.610. The van der Waals surface area contributed by atoms with Crippen LogP contribution >= 0.6 is 0 Å². The highest BCUT2D eigenvalue weighted by atomic mass is 16.3. The van der Waals surface area contributed by atoms with Gasteiger partial charge in [-0.3, -0.25) is 0 Å². The summed E-state index contributed by atoms with van der Waals surface area (Å²) in [4.78, 5) is 4.44. The molecule has 0 fully saturated rings. The molecule has 0 aliphatic rings. The molecule has 1 heterocycles. The Labute approximate surface area is 106 Å². The van der Waals surface area contributed by atoms with Gasteiger partial charge in [0.1, 0.15) is 11.9 Å². The standard InChI is InChI=1S/C14H17N3O/c1-9(2)8-17-13-5-4-11(7-15)6-12(13)16-14(17)10(3)18/h4-6,9-10,18H,8H2,1-3H3/t10-/m1/s1. The summed E-state index contributed by atoms with van der Waals surface area (Å²) in [5, 5.41) is 18.7. The SMILES string of the molecule is CC(C)Cn1c([C@@H](C)O)nc2cc(C#N)ccc21. The van der Waals surface area contributed by atoms with Crippen LogP contribution in [0.25, 0.3) is 11.0 Å². The Hall–Kier alpha value is -1.86. The molecule has 2 rings (SSSR count). The number of aliphatic hydroxyl groups excluding tert-OH is 1. The molecule has 0 saturated carbocycles. The maximum atomic E-state index is 9.80. The molecule has 1 N–H and O–H groups in total. The molecule has 0 unspecified atom stereocenters. The van der Waals surface area contributed by atoms with Crippen LogP contribution in [0.3, 0.4) is 0 Å². The number of nitriles is 1. The van der Waals surface area contributed by atoms with E-state index in [-0.39, 0.29) is 0 Å². The van der Waals surface area contributed by atoms with E-state index < -0.39 is 6.10 Å². The van der Waals surface area contributed by atoms with Crippen molar-refractivity contribution in [2.45, 2.75) is 33.4 Å². The number of rotatable bonds is 3. The fourth-order valence-electron chi connectivity index (χ4n) is 2.09. The smallest absolute Gasteiger partial charge is 0.138 e. The normalized spacial score (nSPS) is 12.9. The average Bonchev–Trinajstić information content (AvgIpc) is 2.66. The lowest BCUT2D eigenvalue weighted by Gasteiger charge is -2.13. The van der Waals surface area contributed by atoms with Gasteiger partial charge in [-0.05, 0) is 31.0 Å². The van der Waals surface area contributed by atoms with Crippen LogP contribution in [0, 0.1) is 17.2 Å². The summed E-state index contributed by atoms with van der Waals surface area (Å²) >= 11 is 0. The molecule has 18 heavy (non-hydrogen) atoms. The van der Waals surface area contributed by atoms with E-state index in [1.165, 1.54) is 0 Å². The van der Waals surface area contributed by atoms with Crippen molar-refractivity contribution in [1.29, 1.82) is 5.26 Å². The molecular formula is C14H17N3O. The fourth-order valence-corrected chi connectivity index (χ4v) is 2.09. The summed E-state index contributed by atoms with van der Waals surface area (Å²) < 4.78 is 2.03. The average molecular weight is 243 g/mol. The predicted molar refractivity (Wildman–Crippen MR) is 69.9 cm³/mol. The highest BCUT2D eigenvalue weighted by Gasteiger charge is 2.15. The van der Waals surface area contributed by atoms with Crippen LogP contribution in [0.15, 0.2) is 18.2 Å². The van der Waals surface area contributed by atoms with Crippen LogP contribution < -0.4 is 0 Å². The highest BCUT2D eigenvalue weighted by molar-refractivity contribution is 5.77. The minimum atomic E-state index is -0.610.